The molecule has 0 aliphatic carbocycles. The van der Waals surface area contributed by atoms with E-state index in [1.165, 1.54) is 0 Å². The topological polar surface area (TPSA) is 57.6 Å². The summed E-state index contributed by atoms with van der Waals surface area (Å²) >= 11 is 3.36. The van der Waals surface area contributed by atoms with Crippen LogP contribution in [0, 0.1) is 0 Å². The summed E-state index contributed by atoms with van der Waals surface area (Å²) in [5.74, 6) is -0.686. The van der Waals surface area contributed by atoms with Crippen molar-refractivity contribution in [3.63, 3.8) is 0 Å². The van der Waals surface area contributed by atoms with Crippen LogP contribution in [0.25, 0.3) is 0 Å². The first kappa shape index (κ1) is 10.5. The average Bonchev–Trinajstić information content (AvgIpc) is 2.29. The van der Waals surface area contributed by atoms with Gasteiger partial charge in [0.25, 0.3) is 0 Å². The van der Waals surface area contributed by atoms with Crippen LogP contribution in [0.2, 0.25) is 0 Å². The lowest BCUT2D eigenvalue weighted by molar-refractivity contribution is -0.137. The Kier molecular flexibility index (Phi) is 3.71. The molecule has 0 saturated carbocycles. The van der Waals surface area contributed by atoms with E-state index in [0.29, 0.717) is 25.9 Å². The third kappa shape index (κ3) is 3.34. The number of carboxylic acid groups (broad SMARTS) is 1. The zero-order valence-corrected chi connectivity index (χ0v) is 8.79. The number of hydrogen-bond donors (Lipinski definition) is 1. The Bertz CT molecular complexity index is 219. The van der Waals surface area contributed by atoms with Crippen molar-refractivity contribution in [2.75, 3.05) is 13.1 Å². The summed E-state index contributed by atoms with van der Waals surface area (Å²) in [5.41, 5.74) is 0. The summed E-state index contributed by atoms with van der Waals surface area (Å²) in [6.45, 7) is 1.27. The van der Waals surface area contributed by atoms with E-state index in [1.807, 2.05) is 0 Å². The van der Waals surface area contributed by atoms with Gasteiger partial charge in [-0.15, -0.1) is 0 Å². The quantitative estimate of drug-likeness (QED) is 0.752. The first-order valence-electron chi connectivity index (χ1n) is 4.23. The second-order valence-corrected chi connectivity index (χ2v) is 4.43. The molecule has 1 saturated heterocycles. The number of carbonyl (C=O) groups is 2. The van der Waals surface area contributed by atoms with Crippen molar-refractivity contribution in [3.8, 4) is 0 Å². The molecule has 0 aromatic heterocycles. The van der Waals surface area contributed by atoms with Gasteiger partial charge >= 0.3 is 5.97 Å². The van der Waals surface area contributed by atoms with E-state index in [2.05, 4.69) is 15.9 Å². The lowest BCUT2D eigenvalue weighted by atomic mass is 10.3. The molecule has 0 spiro atoms. The number of hydrogen-bond acceptors (Lipinski definition) is 2. The van der Waals surface area contributed by atoms with Gasteiger partial charge in [-0.1, -0.05) is 15.9 Å². The SMILES string of the molecule is O=C(O)CCCN1CC(Br)CC1=O. The molecule has 1 N–H and O–H groups in total. The molecule has 1 amide bonds. The van der Waals surface area contributed by atoms with Crippen molar-refractivity contribution in [2.45, 2.75) is 24.1 Å². The van der Waals surface area contributed by atoms with Crippen LogP contribution < -0.4 is 0 Å². The van der Waals surface area contributed by atoms with Gasteiger partial charge in [0, 0.05) is 30.8 Å². The van der Waals surface area contributed by atoms with E-state index in [4.69, 9.17) is 5.11 Å². The van der Waals surface area contributed by atoms with Crippen molar-refractivity contribution in [3.05, 3.63) is 0 Å². The third-order valence-corrected chi connectivity index (χ3v) is 2.60. The normalized spacial score (nSPS) is 22.4. The number of nitrogens with zero attached hydrogens (tertiary/aromatic N) is 1. The van der Waals surface area contributed by atoms with Gasteiger partial charge in [-0.05, 0) is 6.42 Å². The van der Waals surface area contributed by atoms with Crippen molar-refractivity contribution in [2.24, 2.45) is 0 Å². The van der Waals surface area contributed by atoms with Crippen LogP contribution in [0.5, 0.6) is 0 Å². The Morgan fingerprint density at radius 1 is 1.69 bits per heavy atom. The fraction of sp³-hybridized carbons (Fsp3) is 0.750. The van der Waals surface area contributed by atoms with E-state index < -0.39 is 5.97 Å². The minimum atomic E-state index is -0.804. The molecule has 0 aromatic rings. The molecule has 1 fully saturated rings. The summed E-state index contributed by atoms with van der Waals surface area (Å²) in [6, 6.07) is 0. The van der Waals surface area contributed by atoms with Crippen molar-refractivity contribution in [1.82, 2.24) is 4.90 Å². The Balaban J connectivity index is 2.22. The second kappa shape index (κ2) is 4.60. The van der Waals surface area contributed by atoms with E-state index >= 15 is 0 Å². The van der Waals surface area contributed by atoms with E-state index in [-0.39, 0.29) is 17.2 Å². The van der Waals surface area contributed by atoms with Crippen molar-refractivity contribution >= 4 is 27.8 Å². The highest BCUT2D eigenvalue weighted by molar-refractivity contribution is 9.09. The van der Waals surface area contributed by atoms with Crippen molar-refractivity contribution in [1.29, 1.82) is 0 Å². The van der Waals surface area contributed by atoms with E-state index in [9.17, 15) is 9.59 Å². The first-order valence-corrected chi connectivity index (χ1v) is 5.15. The van der Waals surface area contributed by atoms with E-state index in [0.717, 1.165) is 0 Å². The minimum Gasteiger partial charge on any atom is -0.481 e. The van der Waals surface area contributed by atoms with Gasteiger partial charge in [-0.25, -0.2) is 0 Å². The highest BCUT2D eigenvalue weighted by Gasteiger charge is 2.26. The molecular formula is C8H12BrNO3. The van der Waals surface area contributed by atoms with Gasteiger partial charge in [-0.3, -0.25) is 9.59 Å². The first-order chi connectivity index (χ1) is 6.09. The van der Waals surface area contributed by atoms with Crippen LogP contribution >= 0.6 is 15.9 Å². The molecule has 1 unspecified atom stereocenters. The molecule has 1 aliphatic rings. The fourth-order valence-corrected chi connectivity index (χ4v) is 1.99. The number of halogens is 1. The summed E-state index contributed by atoms with van der Waals surface area (Å²) < 4.78 is 0. The van der Waals surface area contributed by atoms with Crippen LogP contribution in [0.1, 0.15) is 19.3 Å². The summed E-state index contributed by atoms with van der Waals surface area (Å²) in [7, 11) is 0. The molecule has 1 rings (SSSR count). The molecule has 4 nitrogen and oxygen atoms in total. The molecule has 1 aliphatic heterocycles. The molecule has 0 radical (unpaired) electrons. The Morgan fingerprint density at radius 2 is 2.38 bits per heavy atom. The molecule has 1 heterocycles. The Labute approximate surface area is 85.0 Å². The minimum absolute atomic E-state index is 0.118. The standard InChI is InChI=1S/C8H12BrNO3/c9-6-4-7(11)10(5-6)3-1-2-8(12)13/h6H,1-5H2,(H,12,13). The van der Waals surface area contributed by atoms with Crippen LogP contribution in [-0.2, 0) is 9.59 Å². The summed E-state index contributed by atoms with van der Waals surface area (Å²) in [4.78, 5) is 23.4. The zero-order valence-electron chi connectivity index (χ0n) is 7.20. The largest absolute Gasteiger partial charge is 0.481 e. The lowest BCUT2D eigenvalue weighted by Crippen LogP contribution is -2.26. The van der Waals surface area contributed by atoms with Gasteiger partial charge in [0.05, 0.1) is 0 Å². The average molecular weight is 250 g/mol. The second-order valence-electron chi connectivity index (χ2n) is 3.14. The van der Waals surface area contributed by atoms with Crippen LogP contribution in [0.3, 0.4) is 0 Å². The zero-order chi connectivity index (χ0) is 9.84. The number of rotatable bonds is 4. The molecular weight excluding hydrogens is 238 g/mol. The number of carbonyl (C=O) groups excluding carboxylic acids is 1. The van der Waals surface area contributed by atoms with Crippen molar-refractivity contribution < 1.29 is 14.7 Å². The molecule has 5 heteroatoms. The van der Waals surface area contributed by atoms with Crippen LogP contribution in [-0.4, -0.2) is 39.8 Å². The predicted octanol–water partition coefficient (Wildman–Crippen LogP) is 0.847. The van der Waals surface area contributed by atoms with Gasteiger partial charge < -0.3 is 10.0 Å². The fourth-order valence-electron chi connectivity index (χ4n) is 1.36. The van der Waals surface area contributed by atoms with Crippen LogP contribution in [0.4, 0.5) is 0 Å². The lowest BCUT2D eigenvalue weighted by Gasteiger charge is -2.14. The molecule has 0 bridgehead atoms. The molecule has 0 aromatic carbocycles. The van der Waals surface area contributed by atoms with Gasteiger partial charge in [0.1, 0.15) is 0 Å². The number of likely N-dealkylation sites (tertiary alicyclic amines) is 1. The maximum atomic E-state index is 11.2. The number of alkyl halides is 1. The Morgan fingerprint density at radius 3 is 2.85 bits per heavy atom. The van der Waals surface area contributed by atoms with E-state index in [1.54, 1.807) is 4.90 Å². The van der Waals surface area contributed by atoms with Gasteiger partial charge in [0.15, 0.2) is 0 Å². The highest BCUT2D eigenvalue weighted by atomic mass is 79.9. The molecule has 13 heavy (non-hydrogen) atoms. The molecule has 1 atom stereocenters. The number of amides is 1. The van der Waals surface area contributed by atoms with Crippen LogP contribution in [0.15, 0.2) is 0 Å². The Hall–Kier alpha value is -0.580. The maximum Gasteiger partial charge on any atom is 0.303 e. The highest BCUT2D eigenvalue weighted by Crippen LogP contribution is 2.18. The number of aliphatic carboxylic acids is 1. The monoisotopic (exact) mass is 249 g/mol. The van der Waals surface area contributed by atoms with Gasteiger partial charge in [-0.2, -0.15) is 0 Å². The molecule has 74 valence electrons. The summed E-state index contributed by atoms with van der Waals surface area (Å²) in [5, 5.41) is 8.39. The summed E-state index contributed by atoms with van der Waals surface area (Å²) in [6.07, 6.45) is 1.21. The predicted molar refractivity (Wildman–Crippen MR) is 50.8 cm³/mol. The third-order valence-electron chi connectivity index (χ3n) is 1.99. The maximum absolute atomic E-state index is 11.2. The number of carboxylic acids is 1. The smallest absolute Gasteiger partial charge is 0.303 e. The van der Waals surface area contributed by atoms with Gasteiger partial charge in [0.2, 0.25) is 5.91 Å².